The molecule has 174 valence electrons. The highest BCUT2D eigenvalue weighted by Crippen LogP contribution is 2.29. The van der Waals surface area contributed by atoms with Gasteiger partial charge >= 0.3 is 0 Å². The van der Waals surface area contributed by atoms with Crippen molar-refractivity contribution in [3.63, 3.8) is 0 Å². The van der Waals surface area contributed by atoms with Gasteiger partial charge < -0.3 is 9.84 Å². The number of nitrogens with one attached hydrogen (secondary N) is 1. The predicted molar refractivity (Wildman–Crippen MR) is 131 cm³/mol. The average Bonchev–Trinajstić information content (AvgIpc) is 3.26. The van der Waals surface area contributed by atoms with E-state index in [1.807, 2.05) is 6.07 Å². The summed E-state index contributed by atoms with van der Waals surface area (Å²) in [4.78, 5) is 17.3. The Morgan fingerprint density at radius 1 is 1.06 bits per heavy atom. The normalized spacial score (nSPS) is 11.3. The van der Waals surface area contributed by atoms with Gasteiger partial charge in [-0.1, -0.05) is 47.1 Å². The summed E-state index contributed by atoms with van der Waals surface area (Å²) in [5.41, 5.74) is 1.52. The Kier molecular flexibility index (Phi) is 6.67. The molecule has 0 aliphatic rings. The molecule has 4 aromatic rings. The fraction of sp³-hybridized carbons (Fsp3) is 0.125. The lowest BCUT2D eigenvalue weighted by atomic mass is 10.1. The molecule has 3 aromatic carbocycles. The van der Waals surface area contributed by atoms with Crippen LogP contribution >= 0.6 is 11.6 Å². The van der Waals surface area contributed by atoms with Gasteiger partial charge in [-0.3, -0.25) is 9.10 Å². The standard InChI is InChI=1S/C24H21ClN4O4S/c1-3-29(17-9-5-4-6-10-17)34(31,32)18-13-14-21(25)20(15-18)24(30)27-22-12-8-7-11-19(22)23-26-16(2)33-28-23/h4-15H,3H2,1-2H3,(H,27,30). The van der Waals surface area contributed by atoms with Crippen LogP contribution in [0.15, 0.2) is 82.2 Å². The molecular formula is C24H21ClN4O4S. The van der Waals surface area contributed by atoms with Crippen LogP contribution in [0.3, 0.4) is 0 Å². The molecule has 34 heavy (non-hydrogen) atoms. The average molecular weight is 497 g/mol. The zero-order chi connectivity index (χ0) is 24.3. The maximum atomic E-state index is 13.4. The van der Waals surface area contributed by atoms with Crippen molar-refractivity contribution in [3.05, 3.63) is 89.3 Å². The number of sulfonamides is 1. The number of amides is 1. The van der Waals surface area contributed by atoms with E-state index in [-0.39, 0.29) is 22.0 Å². The summed E-state index contributed by atoms with van der Waals surface area (Å²) in [5, 5.41) is 6.79. The van der Waals surface area contributed by atoms with Gasteiger partial charge in [0.1, 0.15) is 0 Å². The minimum absolute atomic E-state index is 0.0194. The molecule has 0 aliphatic heterocycles. The first-order chi connectivity index (χ1) is 16.3. The summed E-state index contributed by atoms with van der Waals surface area (Å²) in [6.45, 7) is 3.62. The number of anilines is 2. The molecule has 0 saturated heterocycles. The summed E-state index contributed by atoms with van der Waals surface area (Å²) in [7, 11) is -3.94. The van der Waals surface area contributed by atoms with Gasteiger partial charge in [0.05, 0.1) is 26.9 Å². The Hall–Kier alpha value is -3.69. The van der Waals surface area contributed by atoms with Crippen molar-refractivity contribution < 1.29 is 17.7 Å². The maximum absolute atomic E-state index is 13.4. The van der Waals surface area contributed by atoms with Crippen molar-refractivity contribution in [3.8, 4) is 11.4 Å². The Morgan fingerprint density at radius 3 is 2.44 bits per heavy atom. The Balaban J connectivity index is 1.68. The summed E-state index contributed by atoms with van der Waals surface area (Å²) in [6, 6.07) is 19.8. The van der Waals surface area contributed by atoms with Crippen molar-refractivity contribution in [2.24, 2.45) is 0 Å². The van der Waals surface area contributed by atoms with Gasteiger partial charge in [0.2, 0.25) is 11.7 Å². The molecule has 0 saturated carbocycles. The lowest BCUT2D eigenvalue weighted by Crippen LogP contribution is -2.31. The molecule has 1 aromatic heterocycles. The zero-order valence-electron chi connectivity index (χ0n) is 18.4. The highest BCUT2D eigenvalue weighted by atomic mass is 35.5. The maximum Gasteiger partial charge on any atom is 0.264 e. The van der Waals surface area contributed by atoms with E-state index < -0.39 is 15.9 Å². The summed E-state index contributed by atoms with van der Waals surface area (Å²) in [6.07, 6.45) is 0. The highest BCUT2D eigenvalue weighted by Gasteiger charge is 2.26. The monoisotopic (exact) mass is 496 g/mol. The second kappa shape index (κ2) is 9.66. The van der Waals surface area contributed by atoms with Gasteiger partial charge in [0.15, 0.2) is 0 Å². The number of halogens is 1. The van der Waals surface area contributed by atoms with Gasteiger partial charge in [0, 0.05) is 19.0 Å². The van der Waals surface area contributed by atoms with Crippen LogP contribution < -0.4 is 9.62 Å². The van der Waals surface area contributed by atoms with E-state index in [1.165, 1.54) is 22.5 Å². The molecule has 10 heteroatoms. The van der Waals surface area contributed by atoms with Gasteiger partial charge in [0.25, 0.3) is 15.9 Å². The third-order valence-electron chi connectivity index (χ3n) is 5.05. The number of hydrogen-bond acceptors (Lipinski definition) is 6. The molecule has 8 nitrogen and oxygen atoms in total. The van der Waals surface area contributed by atoms with Crippen molar-refractivity contribution in [2.75, 3.05) is 16.2 Å². The van der Waals surface area contributed by atoms with Crippen LogP contribution in [0.2, 0.25) is 5.02 Å². The van der Waals surface area contributed by atoms with Gasteiger partial charge in [-0.05, 0) is 49.4 Å². The fourth-order valence-electron chi connectivity index (χ4n) is 3.44. The second-order valence-corrected chi connectivity index (χ2v) is 9.55. The Bertz CT molecular complexity index is 1440. The first-order valence-electron chi connectivity index (χ1n) is 10.4. The zero-order valence-corrected chi connectivity index (χ0v) is 20.0. The molecule has 1 N–H and O–H groups in total. The van der Waals surface area contributed by atoms with E-state index in [0.717, 1.165) is 0 Å². The highest BCUT2D eigenvalue weighted by molar-refractivity contribution is 7.92. The molecular weight excluding hydrogens is 476 g/mol. The number of para-hydroxylation sites is 2. The third kappa shape index (κ3) is 4.66. The Morgan fingerprint density at radius 2 is 1.76 bits per heavy atom. The molecule has 0 bridgehead atoms. The number of aryl methyl sites for hydroxylation is 1. The third-order valence-corrected chi connectivity index (χ3v) is 7.27. The van der Waals surface area contributed by atoms with Gasteiger partial charge in [-0.25, -0.2) is 8.42 Å². The summed E-state index contributed by atoms with van der Waals surface area (Å²) < 4.78 is 33.1. The van der Waals surface area contributed by atoms with Crippen molar-refractivity contribution in [2.45, 2.75) is 18.7 Å². The molecule has 0 aliphatic carbocycles. The van der Waals surface area contributed by atoms with E-state index in [9.17, 15) is 13.2 Å². The number of carbonyl (C=O) groups excluding carboxylic acids is 1. The lowest BCUT2D eigenvalue weighted by Gasteiger charge is -2.23. The smallest absolute Gasteiger partial charge is 0.264 e. The number of aromatic nitrogens is 2. The lowest BCUT2D eigenvalue weighted by molar-refractivity contribution is 0.102. The number of carbonyl (C=O) groups is 1. The minimum atomic E-state index is -3.94. The molecule has 0 unspecified atom stereocenters. The number of benzene rings is 3. The largest absolute Gasteiger partial charge is 0.339 e. The molecule has 0 spiro atoms. The number of nitrogens with zero attached hydrogens (tertiary/aromatic N) is 3. The van der Waals surface area contributed by atoms with Crippen LogP contribution in [0.1, 0.15) is 23.2 Å². The van der Waals surface area contributed by atoms with Crippen molar-refractivity contribution in [1.29, 1.82) is 0 Å². The molecule has 1 amide bonds. The van der Waals surface area contributed by atoms with Crippen molar-refractivity contribution >= 4 is 38.9 Å². The van der Waals surface area contributed by atoms with Crippen LogP contribution in [-0.4, -0.2) is 31.0 Å². The fourth-order valence-corrected chi connectivity index (χ4v) is 5.14. The van der Waals surface area contributed by atoms with E-state index in [1.54, 1.807) is 62.4 Å². The minimum Gasteiger partial charge on any atom is -0.339 e. The SMILES string of the molecule is CCN(c1ccccc1)S(=O)(=O)c1ccc(Cl)c(C(=O)Nc2ccccc2-c2noc(C)n2)c1. The van der Waals surface area contributed by atoms with Crippen LogP contribution in [0.5, 0.6) is 0 Å². The van der Waals surface area contributed by atoms with E-state index >= 15 is 0 Å². The first-order valence-corrected chi connectivity index (χ1v) is 12.2. The van der Waals surface area contributed by atoms with Crippen LogP contribution in [0.25, 0.3) is 11.4 Å². The number of hydrogen-bond donors (Lipinski definition) is 1. The van der Waals surface area contributed by atoms with Gasteiger partial charge in [-0.2, -0.15) is 4.98 Å². The molecule has 4 rings (SSSR count). The van der Waals surface area contributed by atoms with Crippen LogP contribution in [-0.2, 0) is 10.0 Å². The van der Waals surface area contributed by atoms with Crippen LogP contribution in [0, 0.1) is 6.92 Å². The van der Waals surface area contributed by atoms with E-state index in [2.05, 4.69) is 15.5 Å². The molecule has 0 radical (unpaired) electrons. The second-order valence-electron chi connectivity index (χ2n) is 7.28. The van der Waals surface area contributed by atoms with Crippen molar-refractivity contribution in [1.82, 2.24) is 10.1 Å². The quantitative estimate of drug-likeness (QED) is 0.378. The molecule has 1 heterocycles. The molecule has 0 fully saturated rings. The van der Waals surface area contributed by atoms with Crippen LogP contribution in [0.4, 0.5) is 11.4 Å². The molecule has 0 atom stereocenters. The van der Waals surface area contributed by atoms with Gasteiger partial charge in [-0.15, -0.1) is 0 Å². The van der Waals surface area contributed by atoms with E-state index in [4.69, 9.17) is 16.1 Å². The topological polar surface area (TPSA) is 105 Å². The first kappa shape index (κ1) is 23.5. The van der Waals surface area contributed by atoms with E-state index in [0.29, 0.717) is 28.7 Å². The Labute approximate surface area is 202 Å². The summed E-state index contributed by atoms with van der Waals surface area (Å²) >= 11 is 6.29. The summed E-state index contributed by atoms with van der Waals surface area (Å²) in [5.74, 6) is 0.130. The predicted octanol–water partition coefficient (Wildman–Crippen LogP) is 5.17. The number of rotatable bonds is 7.